The van der Waals surface area contributed by atoms with E-state index < -0.39 is 0 Å². The molecule has 0 radical (unpaired) electrons. The van der Waals surface area contributed by atoms with E-state index in [4.69, 9.17) is 5.11 Å². The first-order valence-electron chi connectivity index (χ1n) is 5.03. The van der Waals surface area contributed by atoms with E-state index in [1.54, 1.807) is 12.1 Å². The highest BCUT2D eigenvalue weighted by atomic mass is 16.3. The summed E-state index contributed by atoms with van der Waals surface area (Å²) in [5, 5.41) is 9.17. The summed E-state index contributed by atoms with van der Waals surface area (Å²) >= 11 is 0. The largest absolute Gasteiger partial charge is 0.508 e. The van der Waals surface area contributed by atoms with E-state index in [0.29, 0.717) is 0 Å². The molecule has 0 aromatic heterocycles. The van der Waals surface area contributed by atoms with Crippen molar-refractivity contribution in [3.63, 3.8) is 0 Å². The van der Waals surface area contributed by atoms with Gasteiger partial charge in [0.05, 0.1) is 5.41 Å². The third-order valence-corrected chi connectivity index (χ3v) is 3.16. The molecule has 2 rings (SSSR count). The maximum Gasteiger partial charge on any atom is 0.130 e. The number of benzene rings is 1. The van der Waals surface area contributed by atoms with Crippen LogP contribution in [0.3, 0.4) is 0 Å². The van der Waals surface area contributed by atoms with Gasteiger partial charge >= 0.3 is 0 Å². The van der Waals surface area contributed by atoms with Gasteiger partial charge in [0.1, 0.15) is 12.0 Å². The first-order chi connectivity index (χ1) is 6.77. The zero-order valence-electron chi connectivity index (χ0n) is 8.07. The van der Waals surface area contributed by atoms with Gasteiger partial charge in [-0.2, -0.15) is 0 Å². The van der Waals surface area contributed by atoms with Gasteiger partial charge in [-0.3, -0.25) is 0 Å². The van der Waals surface area contributed by atoms with Crippen molar-refractivity contribution in [1.29, 1.82) is 0 Å². The van der Waals surface area contributed by atoms with Gasteiger partial charge in [0, 0.05) is 0 Å². The molecule has 1 aromatic rings. The summed E-state index contributed by atoms with van der Waals surface area (Å²) in [5.41, 5.74) is 0.774. The molecular weight excluding hydrogens is 176 g/mol. The van der Waals surface area contributed by atoms with Crippen LogP contribution >= 0.6 is 0 Å². The van der Waals surface area contributed by atoms with Crippen molar-refractivity contribution < 1.29 is 9.90 Å². The molecule has 1 aliphatic carbocycles. The molecule has 1 aliphatic rings. The zero-order valence-corrected chi connectivity index (χ0v) is 8.07. The SMILES string of the molecule is O=CC1(c2ccc(O)cc2)CCCC1. The lowest BCUT2D eigenvalue weighted by molar-refractivity contribution is -0.112. The summed E-state index contributed by atoms with van der Waals surface area (Å²) in [6.07, 6.45) is 5.22. The maximum absolute atomic E-state index is 11.2. The number of phenols is 1. The zero-order chi connectivity index (χ0) is 10.0. The maximum atomic E-state index is 11.2. The highest BCUT2D eigenvalue weighted by Crippen LogP contribution is 2.39. The third-order valence-electron chi connectivity index (χ3n) is 3.16. The van der Waals surface area contributed by atoms with Crippen molar-refractivity contribution in [3.05, 3.63) is 29.8 Å². The fraction of sp³-hybridized carbons (Fsp3) is 0.417. The molecule has 0 amide bonds. The van der Waals surface area contributed by atoms with Gasteiger partial charge < -0.3 is 9.90 Å². The standard InChI is InChI=1S/C12H14O2/c13-9-12(7-1-2-8-12)10-3-5-11(14)6-4-10/h3-6,9,14H,1-2,7-8H2. The average Bonchev–Trinajstić information content (AvgIpc) is 2.68. The Labute approximate surface area is 83.6 Å². The first kappa shape index (κ1) is 9.25. The summed E-state index contributed by atoms with van der Waals surface area (Å²) in [6, 6.07) is 7.02. The van der Waals surface area contributed by atoms with Crippen LogP contribution < -0.4 is 0 Å². The Morgan fingerprint density at radius 3 is 2.21 bits per heavy atom. The Morgan fingerprint density at radius 2 is 1.71 bits per heavy atom. The van der Waals surface area contributed by atoms with Gasteiger partial charge in [0.25, 0.3) is 0 Å². The molecule has 0 aliphatic heterocycles. The summed E-state index contributed by atoms with van der Waals surface area (Å²) in [6.45, 7) is 0. The van der Waals surface area contributed by atoms with E-state index >= 15 is 0 Å². The van der Waals surface area contributed by atoms with Crippen LogP contribution in [0.1, 0.15) is 31.2 Å². The van der Waals surface area contributed by atoms with Crippen LogP contribution in [0.2, 0.25) is 0 Å². The Bertz CT molecular complexity index is 321. The molecule has 0 spiro atoms. The molecule has 1 aromatic carbocycles. The molecule has 1 fully saturated rings. The van der Waals surface area contributed by atoms with Crippen LogP contribution in [-0.2, 0) is 10.2 Å². The van der Waals surface area contributed by atoms with Gasteiger partial charge in [-0.05, 0) is 30.5 Å². The van der Waals surface area contributed by atoms with Gasteiger partial charge in [0.15, 0.2) is 0 Å². The molecule has 0 unspecified atom stereocenters. The molecule has 0 heterocycles. The van der Waals surface area contributed by atoms with Crippen LogP contribution in [0, 0.1) is 0 Å². The molecule has 0 bridgehead atoms. The van der Waals surface area contributed by atoms with Crippen molar-refractivity contribution in [2.24, 2.45) is 0 Å². The molecule has 1 N–H and O–H groups in total. The van der Waals surface area contributed by atoms with Crippen molar-refractivity contribution in [1.82, 2.24) is 0 Å². The van der Waals surface area contributed by atoms with Crippen LogP contribution in [0.25, 0.3) is 0 Å². The normalized spacial score (nSPS) is 19.4. The van der Waals surface area contributed by atoms with Crippen molar-refractivity contribution >= 4 is 6.29 Å². The number of carbonyl (C=O) groups excluding carboxylic acids is 1. The average molecular weight is 190 g/mol. The minimum Gasteiger partial charge on any atom is -0.508 e. The summed E-state index contributed by atoms with van der Waals surface area (Å²) in [7, 11) is 0. The predicted octanol–water partition coefficient (Wildman–Crippen LogP) is 2.40. The third kappa shape index (κ3) is 1.41. The fourth-order valence-electron chi connectivity index (χ4n) is 2.27. The number of hydrogen-bond donors (Lipinski definition) is 1. The van der Waals surface area contributed by atoms with Gasteiger partial charge in [-0.25, -0.2) is 0 Å². The Hall–Kier alpha value is -1.31. The van der Waals surface area contributed by atoms with E-state index in [1.165, 1.54) is 0 Å². The predicted molar refractivity (Wildman–Crippen MR) is 54.3 cm³/mol. The summed E-state index contributed by atoms with van der Waals surface area (Å²) in [4.78, 5) is 11.2. The second kappa shape index (κ2) is 3.45. The van der Waals surface area contributed by atoms with Crippen molar-refractivity contribution in [2.45, 2.75) is 31.1 Å². The molecule has 74 valence electrons. The van der Waals surface area contributed by atoms with Crippen LogP contribution in [-0.4, -0.2) is 11.4 Å². The van der Waals surface area contributed by atoms with E-state index in [0.717, 1.165) is 37.5 Å². The molecule has 1 saturated carbocycles. The lowest BCUT2D eigenvalue weighted by Crippen LogP contribution is -2.23. The number of phenolic OH excluding ortho intramolecular Hbond substituents is 1. The number of hydrogen-bond acceptors (Lipinski definition) is 2. The Balaban J connectivity index is 2.36. The number of aldehydes is 1. The Morgan fingerprint density at radius 1 is 1.14 bits per heavy atom. The summed E-state index contributed by atoms with van der Waals surface area (Å²) < 4.78 is 0. The first-order valence-corrected chi connectivity index (χ1v) is 5.03. The van der Waals surface area contributed by atoms with Crippen molar-refractivity contribution in [2.75, 3.05) is 0 Å². The number of aromatic hydroxyl groups is 1. The quantitative estimate of drug-likeness (QED) is 0.727. The highest BCUT2D eigenvalue weighted by Gasteiger charge is 2.35. The molecule has 0 atom stereocenters. The number of rotatable bonds is 2. The number of carbonyl (C=O) groups is 1. The second-order valence-corrected chi connectivity index (χ2v) is 4.03. The molecule has 2 heteroatoms. The highest BCUT2D eigenvalue weighted by molar-refractivity contribution is 5.69. The lowest BCUT2D eigenvalue weighted by atomic mass is 9.80. The van der Waals surface area contributed by atoms with Gasteiger partial charge in [-0.15, -0.1) is 0 Å². The second-order valence-electron chi connectivity index (χ2n) is 4.03. The van der Waals surface area contributed by atoms with Gasteiger partial charge in [-0.1, -0.05) is 25.0 Å². The topological polar surface area (TPSA) is 37.3 Å². The Kier molecular flexibility index (Phi) is 2.28. The molecule has 14 heavy (non-hydrogen) atoms. The van der Waals surface area contributed by atoms with Crippen molar-refractivity contribution in [3.8, 4) is 5.75 Å². The van der Waals surface area contributed by atoms with Crippen LogP contribution in [0.4, 0.5) is 0 Å². The van der Waals surface area contributed by atoms with Crippen LogP contribution in [0.5, 0.6) is 5.75 Å². The fourth-order valence-corrected chi connectivity index (χ4v) is 2.27. The summed E-state index contributed by atoms with van der Waals surface area (Å²) in [5.74, 6) is 0.257. The smallest absolute Gasteiger partial charge is 0.130 e. The minimum atomic E-state index is -0.270. The van der Waals surface area contributed by atoms with E-state index in [1.807, 2.05) is 12.1 Å². The molecular formula is C12H14O2. The minimum absolute atomic E-state index is 0.257. The van der Waals surface area contributed by atoms with E-state index in [-0.39, 0.29) is 11.2 Å². The lowest BCUT2D eigenvalue weighted by Gasteiger charge is -2.22. The monoisotopic (exact) mass is 190 g/mol. The molecule has 2 nitrogen and oxygen atoms in total. The van der Waals surface area contributed by atoms with Crippen LogP contribution in [0.15, 0.2) is 24.3 Å². The molecule has 0 saturated heterocycles. The van der Waals surface area contributed by atoms with Gasteiger partial charge in [0.2, 0.25) is 0 Å². The van der Waals surface area contributed by atoms with E-state index in [2.05, 4.69) is 0 Å². The van der Waals surface area contributed by atoms with E-state index in [9.17, 15) is 4.79 Å².